The van der Waals surface area contributed by atoms with E-state index in [4.69, 9.17) is 15.9 Å². The molecule has 1 atom stereocenters. The van der Waals surface area contributed by atoms with Gasteiger partial charge < -0.3 is 21.3 Å². The van der Waals surface area contributed by atoms with E-state index in [2.05, 4.69) is 5.32 Å². The molecular formula is C13H24N2O5. The first-order valence-corrected chi connectivity index (χ1v) is 6.78. The Labute approximate surface area is 118 Å². The Balaban J connectivity index is 4.69. The van der Waals surface area contributed by atoms with Crippen molar-refractivity contribution in [3.63, 3.8) is 0 Å². The van der Waals surface area contributed by atoms with E-state index in [0.717, 1.165) is 0 Å². The predicted octanol–water partition coefficient (Wildman–Crippen LogP) is 0.576. The van der Waals surface area contributed by atoms with Gasteiger partial charge in [0.1, 0.15) is 6.04 Å². The van der Waals surface area contributed by atoms with E-state index < -0.39 is 23.4 Å². The Kier molecular flexibility index (Phi) is 7.83. The summed E-state index contributed by atoms with van der Waals surface area (Å²) >= 11 is 0. The standard InChI is InChI=1S/C13H24N2O5/c1-3-13(4-2,8-14)12(20)15-9(11(18)19)6-5-7-10(16)17/h9H,3-8,14H2,1-2H3,(H,15,20)(H,16,17)(H,18,19)/t9-/m1/s1. The lowest BCUT2D eigenvalue weighted by Crippen LogP contribution is -2.51. The minimum atomic E-state index is -1.16. The van der Waals surface area contributed by atoms with E-state index in [0.29, 0.717) is 12.8 Å². The number of carbonyl (C=O) groups excluding carboxylic acids is 1. The molecule has 0 rings (SSSR count). The Hall–Kier alpha value is -1.63. The fraction of sp³-hybridized carbons (Fsp3) is 0.769. The molecular weight excluding hydrogens is 264 g/mol. The van der Waals surface area contributed by atoms with Crippen molar-refractivity contribution in [2.45, 2.75) is 52.0 Å². The van der Waals surface area contributed by atoms with Crippen LogP contribution in [0.1, 0.15) is 46.0 Å². The summed E-state index contributed by atoms with van der Waals surface area (Å²) in [6.45, 7) is 3.81. The number of nitrogens with two attached hydrogens (primary N) is 1. The third kappa shape index (κ3) is 5.16. The van der Waals surface area contributed by atoms with Crippen LogP contribution in [0.3, 0.4) is 0 Å². The third-order valence-corrected chi connectivity index (χ3v) is 3.71. The Morgan fingerprint density at radius 1 is 1.20 bits per heavy atom. The van der Waals surface area contributed by atoms with E-state index in [1.807, 2.05) is 13.8 Å². The van der Waals surface area contributed by atoms with Gasteiger partial charge in [-0.1, -0.05) is 13.8 Å². The second-order valence-corrected chi connectivity index (χ2v) is 4.84. The summed E-state index contributed by atoms with van der Waals surface area (Å²) in [6, 6.07) is -1.08. The largest absolute Gasteiger partial charge is 0.481 e. The summed E-state index contributed by atoms with van der Waals surface area (Å²) in [5.74, 6) is -2.53. The van der Waals surface area contributed by atoms with Gasteiger partial charge in [0.25, 0.3) is 0 Å². The molecule has 0 bridgehead atoms. The van der Waals surface area contributed by atoms with Crippen molar-refractivity contribution in [2.75, 3.05) is 6.54 Å². The summed E-state index contributed by atoms with van der Waals surface area (Å²) in [5, 5.41) is 20.1. The highest BCUT2D eigenvalue weighted by Crippen LogP contribution is 2.25. The molecule has 0 aromatic heterocycles. The molecule has 0 aliphatic carbocycles. The van der Waals surface area contributed by atoms with Gasteiger partial charge in [-0.25, -0.2) is 4.79 Å². The molecule has 0 saturated carbocycles. The van der Waals surface area contributed by atoms with Gasteiger partial charge in [-0.2, -0.15) is 0 Å². The number of nitrogens with one attached hydrogen (secondary N) is 1. The molecule has 0 aliphatic heterocycles. The van der Waals surface area contributed by atoms with Crippen molar-refractivity contribution in [3.05, 3.63) is 0 Å². The highest BCUT2D eigenvalue weighted by Gasteiger charge is 2.35. The number of rotatable bonds is 10. The molecule has 0 heterocycles. The second kappa shape index (κ2) is 8.52. The zero-order valence-corrected chi connectivity index (χ0v) is 12.0. The average Bonchev–Trinajstić information content (AvgIpc) is 2.39. The molecule has 7 nitrogen and oxygen atoms in total. The van der Waals surface area contributed by atoms with Gasteiger partial charge in [-0.15, -0.1) is 0 Å². The number of carbonyl (C=O) groups is 3. The second-order valence-electron chi connectivity index (χ2n) is 4.84. The maximum Gasteiger partial charge on any atom is 0.326 e. The van der Waals surface area contributed by atoms with Crippen molar-refractivity contribution in [1.82, 2.24) is 5.32 Å². The summed E-state index contributed by atoms with van der Waals surface area (Å²) in [7, 11) is 0. The van der Waals surface area contributed by atoms with Gasteiger partial charge in [0.15, 0.2) is 0 Å². The van der Waals surface area contributed by atoms with E-state index in [1.165, 1.54) is 0 Å². The first-order chi connectivity index (χ1) is 9.32. The Morgan fingerprint density at radius 2 is 1.75 bits per heavy atom. The van der Waals surface area contributed by atoms with Crippen LogP contribution in [0.5, 0.6) is 0 Å². The van der Waals surface area contributed by atoms with Crippen molar-refractivity contribution in [2.24, 2.45) is 11.1 Å². The SMILES string of the molecule is CCC(CC)(CN)C(=O)N[C@H](CCCC(=O)O)C(=O)O. The number of hydrogen-bond acceptors (Lipinski definition) is 4. The molecule has 0 aromatic rings. The molecule has 7 heteroatoms. The summed E-state index contributed by atoms with van der Waals surface area (Å²) in [4.78, 5) is 33.7. The van der Waals surface area contributed by atoms with Gasteiger partial charge in [0.05, 0.1) is 5.41 Å². The highest BCUT2D eigenvalue weighted by atomic mass is 16.4. The fourth-order valence-electron chi connectivity index (χ4n) is 1.98. The molecule has 20 heavy (non-hydrogen) atoms. The smallest absolute Gasteiger partial charge is 0.326 e. The van der Waals surface area contributed by atoms with Crippen LogP contribution in [0.15, 0.2) is 0 Å². The van der Waals surface area contributed by atoms with Crippen molar-refractivity contribution < 1.29 is 24.6 Å². The molecule has 0 unspecified atom stereocenters. The lowest BCUT2D eigenvalue weighted by molar-refractivity contribution is -0.144. The Morgan fingerprint density at radius 3 is 2.10 bits per heavy atom. The third-order valence-electron chi connectivity index (χ3n) is 3.71. The van der Waals surface area contributed by atoms with Crippen LogP contribution in [0.2, 0.25) is 0 Å². The summed E-state index contributed by atoms with van der Waals surface area (Å²) in [6.07, 6.45) is 1.20. The van der Waals surface area contributed by atoms with Crippen LogP contribution < -0.4 is 11.1 Å². The highest BCUT2D eigenvalue weighted by molar-refractivity contribution is 5.87. The molecule has 0 fully saturated rings. The van der Waals surface area contributed by atoms with Crippen LogP contribution >= 0.6 is 0 Å². The lowest BCUT2D eigenvalue weighted by Gasteiger charge is -2.30. The monoisotopic (exact) mass is 288 g/mol. The van der Waals surface area contributed by atoms with E-state index >= 15 is 0 Å². The van der Waals surface area contributed by atoms with Crippen LogP contribution in [0.25, 0.3) is 0 Å². The molecule has 0 saturated heterocycles. The van der Waals surface area contributed by atoms with Gasteiger partial charge in [-0.3, -0.25) is 9.59 Å². The minimum absolute atomic E-state index is 0.0848. The molecule has 0 spiro atoms. The van der Waals surface area contributed by atoms with Gasteiger partial charge in [0, 0.05) is 13.0 Å². The van der Waals surface area contributed by atoms with Gasteiger partial charge in [-0.05, 0) is 25.7 Å². The van der Waals surface area contributed by atoms with Crippen molar-refractivity contribution in [1.29, 1.82) is 0 Å². The maximum atomic E-state index is 12.2. The van der Waals surface area contributed by atoms with Crippen LogP contribution in [0.4, 0.5) is 0 Å². The van der Waals surface area contributed by atoms with E-state index in [-0.39, 0.29) is 31.7 Å². The number of aliphatic carboxylic acids is 2. The normalized spacial score (nSPS) is 12.8. The average molecular weight is 288 g/mol. The van der Waals surface area contributed by atoms with Crippen LogP contribution in [-0.4, -0.2) is 40.6 Å². The molecule has 0 aliphatic rings. The maximum absolute atomic E-state index is 12.2. The van der Waals surface area contributed by atoms with E-state index in [9.17, 15) is 14.4 Å². The molecule has 1 amide bonds. The summed E-state index contributed by atoms with van der Waals surface area (Å²) < 4.78 is 0. The van der Waals surface area contributed by atoms with Gasteiger partial charge >= 0.3 is 11.9 Å². The lowest BCUT2D eigenvalue weighted by atomic mass is 9.81. The summed E-state index contributed by atoms with van der Waals surface area (Å²) in [5.41, 5.74) is 4.87. The van der Waals surface area contributed by atoms with E-state index in [1.54, 1.807) is 0 Å². The van der Waals surface area contributed by atoms with Crippen molar-refractivity contribution in [3.8, 4) is 0 Å². The number of hydrogen-bond donors (Lipinski definition) is 4. The molecule has 5 N–H and O–H groups in total. The molecule has 0 radical (unpaired) electrons. The zero-order chi connectivity index (χ0) is 15.8. The number of carboxylic acid groups (broad SMARTS) is 2. The van der Waals surface area contributed by atoms with Gasteiger partial charge in [0.2, 0.25) is 5.91 Å². The number of carboxylic acids is 2. The van der Waals surface area contributed by atoms with Crippen LogP contribution in [0, 0.1) is 5.41 Å². The number of amides is 1. The Bertz CT molecular complexity index is 344. The fourth-order valence-corrected chi connectivity index (χ4v) is 1.98. The van der Waals surface area contributed by atoms with Crippen LogP contribution in [-0.2, 0) is 14.4 Å². The minimum Gasteiger partial charge on any atom is -0.481 e. The first-order valence-electron chi connectivity index (χ1n) is 6.78. The van der Waals surface area contributed by atoms with Crippen molar-refractivity contribution >= 4 is 17.8 Å². The quantitative estimate of drug-likeness (QED) is 0.465. The molecule has 0 aromatic carbocycles. The predicted molar refractivity (Wildman–Crippen MR) is 73.1 cm³/mol. The zero-order valence-electron chi connectivity index (χ0n) is 12.0. The topological polar surface area (TPSA) is 130 Å². The molecule has 116 valence electrons. The first kappa shape index (κ1) is 18.4.